The molecule has 2 aromatic carbocycles. The summed E-state index contributed by atoms with van der Waals surface area (Å²) in [5.41, 5.74) is 2.91. The van der Waals surface area contributed by atoms with E-state index in [4.69, 9.17) is 14.2 Å². The number of aryl methyl sites for hydroxylation is 2. The van der Waals surface area contributed by atoms with Crippen molar-refractivity contribution in [1.82, 2.24) is 5.32 Å². The highest BCUT2D eigenvalue weighted by Crippen LogP contribution is 2.41. The van der Waals surface area contributed by atoms with Crippen LogP contribution in [0.1, 0.15) is 56.3 Å². The molecule has 0 spiro atoms. The third-order valence-electron chi connectivity index (χ3n) is 5.41. The van der Waals surface area contributed by atoms with E-state index in [1.165, 1.54) is 5.56 Å². The number of hydrogen-bond acceptors (Lipinski definition) is 4. The third-order valence-corrected chi connectivity index (χ3v) is 5.41. The first-order valence-corrected chi connectivity index (χ1v) is 10.1. The number of nitrogens with one attached hydrogen (secondary N) is 1. The van der Waals surface area contributed by atoms with Crippen molar-refractivity contribution in [2.45, 2.75) is 65.2 Å². The normalized spacial score (nSPS) is 18.2. The van der Waals surface area contributed by atoms with Crippen LogP contribution < -0.4 is 19.5 Å². The summed E-state index contributed by atoms with van der Waals surface area (Å²) in [7, 11) is 1.63. The molecule has 0 fully saturated rings. The van der Waals surface area contributed by atoms with E-state index in [-0.39, 0.29) is 11.9 Å². The van der Waals surface area contributed by atoms with Gasteiger partial charge in [0.2, 0.25) is 0 Å². The zero-order valence-electron chi connectivity index (χ0n) is 18.2. The van der Waals surface area contributed by atoms with E-state index in [0.717, 1.165) is 22.6 Å². The van der Waals surface area contributed by atoms with E-state index in [2.05, 4.69) is 12.2 Å². The summed E-state index contributed by atoms with van der Waals surface area (Å²) in [6.45, 7) is 10.1. The van der Waals surface area contributed by atoms with Gasteiger partial charge in [-0.15, -0.1) is 0 Å². The lowest BCUT2D eigenvalue weighted by Crippen LogP contribution is -2.45. The van der Waals surface area contributed by atoms with Gasteiger partial charge >= 0.3 is 0 Å². The predicted molar refractivity (Wildman–Crippen MR) is 114 cm³/mol. The molecule has 5 heteroatoms. The standard InChI is InChI=1S/C24H31NO4/c1-7-21(28-18-9-8-15(2)16(3)12-18)23(26)25-20-14-24(4,5)29-22-13-17(27-6)10-11-19(20)22/h8-13,20-21H,7,14H2,1-6H3,(H,25,26)/t20-,21+/m0/s1. The summed E-state index contributed by atoms with van der Waals surface area (Å²) in [5, 5.41) is 3.18. The topological polar surface area (TPSA) is 56.8 Å². The molecule has 156 valence electrons. The third kappa shape index (κ3) is 4.84. The Morgan fingerprint density at radius 3 is 2.55 bits per heavy atom. The molecule has 1 aliphatic rings. The average molecular weight is 398 g/mol. The van der Waals surface area contributed by atoms with Gasteiger partial charge in [-0.3, -0.25) is 4.79 Å². The lowest BCUT2D eigenvalue weighted by atomic mass is 9.89. The number of amides is 1. The van der Waals surface area contributed by atoms with Crippen molar-refractivity contribution >= 4 is 5.91 Å². The van der Waals surface area contributed by atoms with E-state index in [1.807, 2.05) is 64.1 Å². The molecule has 5 nitrogen and oxygen atoms in total. The fourth-order valence-corrected chi connectivity index (χ4v) is 3.63. The molecule has 0 aliphatic carbocycles. The zero-order chi connectivity index (χ0) is 21.2. The van der Waals surface area contributed by atoms with Crippen molar-refractivity contribution in [2.24, 2.45) is 0 Å². The molecule has 2 atom stereocenters. The Kier molecular flexibility index (Phi) is 6.06. The van der Waals surface area contributed by atoms with Crippen LogP contribution in [0, 0.1) is 13.8 Å². The minimum atomic E-state index is -0.551. The molecule has 0 saturated heterocycles. The maximum absolute atomic E-state index is 13.0. The van der Waals surface area contributed by atoms with Gasteiger partial charge in [0.05, 0.1) is 13.2 Å². The molecule has 0 aromatic heterocycles. The molecule has 1 aliphatic heterocycles. The largest absolute Gasteiger partial charge is 0.497 e. The molecule has 29 heavy (non-hydrogen) atoms. The number of carbonyl (C=O) groups excluding carboxylic acids is 1. The van der Waals surface area contributed by atoms with Gasteiger partial charge < -0.3 is 19.5 Å². The monoisotopic (exact) mass is 397 g/mol. The number of ether oxygens (including phenoxy) is 3. The number of benzene rings is 2. The lowest BCUT2D eigenvalue weighted by molar-refractivity contribution is -0.129. The Balaban J connectivity index is 1.78. The first-order valence-electron chi connectivity index (χ1n) is 10.1. The molecule has 2 aromatic rings. The van der Waals surface area contributed by atoms with E-state index in [9.17, 15) is 4.79 Å². The highest BCUT2D eigenvalue weighted by molar-refractivity contribution is 5.81. The molecule has 1 heterocycles. The zero-order valence-corrected chi connectivity index (χ0v) is 18.2. The second kappa shape index (κ2) is 8.36. The summed E-state index contributed by atoms with van der Waals surface area (Å²) in [4.78, 5) is 13.0. The lowest BCUT2D eigenvalue weighted by Gasteiger charge is -2.38. The van der Waals surface area contributed by atoms with Crippen LogP contribution in [0.3, 0.4) is 0 Å². The minimum Gasteiger partial charge on any atom is -0.497 e. The van der Waals surface area contributed by atoms with Crippen LogP contribution in [-0.4, -0.2) is 24.7 Å². The Hall–Kier alpha value is -2.69. The van der Waals surface area contributed by atoms with Crippen LogP contribution in [0.25, 0.3) is 0 Å². The highest BCUT2D eigenvalue weighted by Gasteiger charge is 2.36. The number of carbonyl (C=O) groups is 1. The fourth-order valence-electron chi connectivity index (χ4n) is 3.63. The quantitative estimate of drug-likeness (QED) is 0.754. The van der Waals surface area contributed by atoms with Crippen molar-refractivity contribution in [1.29, 1.82) is 0 Å². The van der Waals surface area contributed by atoms with Crippen LogP contribution >= 0.6 is 0 Å². The van der Waals surface area contributed by atoms with Crippen LogP contribution in [0.4, 0.5) is 0 Å². The van der Waals surface area contributed by atoms with Gasteiger partial charge in [-0.1, -0.05) is 13.0 Å². The molecular formula is C24H31NO4. The molecule has 0 radical (unpaired) electrons. The number of hydrogen-bond donors (Lipinski definition) is 1. The Morgan fingerprint density at radius 1 is 1.17 bits per heavy atom. The van der Waals surface area contributed by atoms with Gasteiger partial charge in [0.1, 0.15) is 22.8 Å². The first kappa shape index (κ1) is 21.0. The summed E-state index contributed by atoms with van der Waals surface area (Å²) in [5.74, 6) is 2.08. The Morgan fingerprint density at radius 2 is 1.90 bits per heavy atom. The fraction of sp³-hybridized carbons (Fsp3) is 0.458. The summed E-state index contributed by atoms with van der Waals surface area (Å²) >= 11 is 0. The van der Waals surface area contributed by atoms with Gasteiger partial charge in [-0.25, -0.2) is 0 Å². The molecule has 1 N–H and O–H groups in total. The van der Waals surface area contributed by atoms with Crippen molar-refractivity contribution < 1.29 is 19.0 Å². The number of rotatable bonds is 6. The first-order chi connectivity index (χ1) is 13.7. The van der Waals surface area contributed by atoms with E-state index >= 15 is 0 Å². The average Bonchev–Trinajstić information content (AvgIpc) is 2.67. The Bertz CT molecular complexity index is 890. The number of methoxy groups -OCH3 is 1. The van der Waals surface area contributed by atoms with Crippen molar-refractivity contribution in [3.8, 4) is 17.2 Å². The Labute approximate surface area is 173 Å². The maximum Gasteiger partial charge on any atom is 0.261 e. The molecular weight excluding hydrogens is 366 g/mol. The van der Waals surface area contributed by atoms with Gasteiger partial charge in [-0.05, 0) is 69.5 Å². The molecule has 0 unspecified atom stereocenters. The second-order valence-corrected chi connectivity index (χ2v) is 8.29. The second-order valence-electron chi connectivity index (χ2n) is 8.29. The molecule has 1 amide bonds. The van der Waals surface area contributed by atoms with E-state index < -0.39 is 11.7 Å². The molecule has 0 saturated carbocycles. The van der Waals surface area contributed by atoms with Gasteiger partial charge in [-0.2, -0.15) is 0 Å². The van der Waals surface area contributed by atoms with Crippen molar-refractivity contribution in [3.63, 3.8) is 0 Å². The predicted octanol–water partition coefficient (Wildman–Crippen LogP) is 4.89. The van der Waals surface area contributed by atoms with Crippen LogP contribution in [0.2, 0.25) is 0 Å². The maximum atomic E-state index is 13.0. The number of fused-ring (bicyclic) bond motifs is 1. The van der Waals surface area contributed by atoms with Gasteiger partial charge in [0.25, 0.3) is 5.91 Å². The van der Waals surface area contributed by atoms with Crippen LogP contribution in [-0.2, 0) is 4.79 Å². The van der Waals surface area contributed by atoms with Crippen LogP contribution in [0.5, 0.6) is 17.2 Å². The smallest absolute Gasteiger partial charge is 0.261 e. The molecule has 0 bridgehead atoms. The summed E-state index contributed by atoms with van der Waals surface area (Å²) < 4.78 is 17.5. The van der Waals surface area contributed by atoms with Gasteiger partial charge in [0, 0.05) is 18.1 Å². The SMILES string of the molecule is CC[C@@H](Oc1ccc(C)c(C)c1)C(=O)N[C@H]1CC(C)(C)Oc2cc(OC)ccc21. The minimum absolute atomic E-state index is 0.116. The molecule has 3 rings (SSSR count). The van der Waals surface area contributed by atoms with Crippen molar-refractivity contribution in [2.75, 3.05) is 7.11 Å². The van der Waals surface area contributed by atoms with Gasteiger partial charge in [0.15, 0.2) is 6.10 Å². The van der Waals surface area contributed by atoms with Crippen LogP contribution in [0.15, 0.2) is 36.4 Å². The van der Waals surface area contributed by atoms with Crippen molar-refractivity contribution in [3.05, 3.63) is 53.1 Å². The summed E-state index contributed by atoms with van der Waals surface area (Å²) in [6, 6.07) is 11.5. The summed E-state index contributed by atoms with van der Waals surface area (Å²) in [6.07, 6.45) is 0.712. The highest BCUT2D eigenvalue weighted by atomic mass is 16.5. The van der Waals surface area contributed by atoms with E-state index in [1.54, 1.807) is 7.11 Å². The van der Waals surface area contributed by atoms with E-state index in [0.29, 0.717) is 18.6 Å².